The van der Waals surface area contributed by atoms with Crippen LogP contribution in [-0.4, -0.2) is 18.2 Å². The molecule has 124 valence electrons. The minimum atomic E-state index is -3.76. The number of nitrogens with zero attached hydrogens (tertiary/aromatic N) is 2. The SMILES string of the molecule is Cc1ccc(Cl)cc1NS(=O)(=O)c1cn(-c2ccccc2)nc1C. The molecule has 0 radical (unpaired) electrons. The van der Waals surface area contributed by atoms with Crippen molar-refractivity contribution in [3.63, 3.8) is 0 Å². The van der Waals surface area contributed by atoms with Gasteiger partial charge in [-0.3, -0.25) is 4.72 Å². The third kappa shape index (κ3) is 3.29. The number of halogens is 1. The van der Waals surface area contributed by atoms with Crippen LogP contribution in [0.4, 0.5) is 5.69 Å². The summed E-state index contributed by atoms with van der Waals surface area (Å²) < 4.78 is 29.6. The lowest BCUT2D eigenvalue weighted by molar-refractivity contribution is 0.600. The van der Waals surface area contributed by atoms with E-state index in [2.05, 4.69) is 9.82 Å². The Labute approximate surface area is 145 Å². The predicted molar refractivity (Wildman–Crippen MR) is 95.3 cm³/mol. The third-order valence-corrected chi connectivity index (χ3v) is 5.31. The highest BCUT2D eigenvalue weighted by Crippen LogP contribution is 2.25. The zero-order valence-electron chi connectivity index (χ0n) is 13.2. The minimum Gasteiger partial charge on any atom is -0.279 e. The van der Waals surface area contributed by atoms with Crippen molar-refractivity contribution in [1.29, 1.82) is 0 Å². The van der Waals surface area contributed by atoms with E-state index in [-0.39, 0.29) is 4.90 Å². The molecule has 5 nitrogen and oxygen atoms in total. The molecular weight excluding hydrogens is 346 g/mol. The summed E-state index contributed by atoms with van der Waals surface area (Å²) in [5.74, 6) is 0. The van der Waals surface area contributed by atoms with Gasteiger partial charge in [0.25, 0.3) is 10.0 Å². The van der Waals surface area contributed by atoms with E-state index >= 15 is 0 Å². The average Bonchev–Trinajstić information content (AvgIpc) is 2.94. The Morgan fingerprint density at radius 3 is 2.50 bits per heavy atom. The molecule has 0 saturated heterocycles. The van der Waals surface area contributed by atoms with Crippen LogP contribution in [0.25, 0.3) is 5.69 Å². The Hall–Kier alpha value is -2.31. The van der Waals surface area contributed by atoms with E-state index in [0.717, 1.165) is 11.3 Å². The first-order chi connectivity index (χ1) is 11.4. The molecule has 0 saturated carbocycles. The van der Waals surface area contributed by atoms with Crippen molar-refractivity contribution in [2.75, 3.05) is 4.72 Å². The van der Waals surface area contributed by atoms with Gasteiger partial charge in [-0.15, -0.1) is 0 Å². The molecule has 0 bridgehead atoms. The number of rotatable bonds is 4. The maximum absolute atomic E-state index is 12.7. The minimum absolute atomic E-state index is 0.130. The molecule has 0 amide bonds. The van der Waals surface area contributed by atoms with Crippen LogP contribution in [-0.2, 0) is 10.0 Å². The van der Waals surface area contributed by atoms with E-state index in [9.17, 15) is 8.42 Å². The van der Waals surface area contributed by atoms with Gasteiger partial charge in [0.2, 0.25) is 0 Å². The summed E-state index contributed by atoms with van der Waals surface area (Å²) in [5.41, 5.74) is 2.46. The van der Waals surface area contributed by atoms with Crippen molar-refractivity contribution in [2.45, 2.75) is 18.7 Å². The lowest BCUT2D eigenvalue weighted by Crippen LogP contribution is -2.14. The lowest BCUT2D eigenvalue weighted by Gasteiger charge is -2.10. The summed E-state index contributed by atoms with van der Waals surface area (Å²) >= 11 is 5.96. The maximum Gasteiger partial charge on any atom is 0.265 e. The molecule has 24 heavy (non-hydrogen) atoms. The smallest absolute Gasteiger partial charge is 0.265 e. The number of hydrogen-bond acceptors (Lipinski definition) is 3. The summed E-state index contributed by atoms with van der Waals surface area (Å²) in [5, 5.41) is 4.77. The van der Waals surface area contributed by atoms with Gasteiger partial charge in [-0.2, -0.15) is 5.10 Å². The monoisotopic (exact) mass is 361 g/mol. The summed E-state index contributed by atoms with van der Waals surface area (Å²) in [7, 11) is -3.76. The van der Waals surface area contributed by atoms with Crippen molar-refractivity contribution in [2.24, 2.45) is 0 Å². The van der Waals surface area contributed by atoms with Crippen LogP contribution in [0, 0.1) is 13.8 Å². The van der Waals surface area contributed by atoms with Gasteiger partial charge < -0.3 is 0 Å². The van der Waals surface area contributed by atoms with Gasteiger partial charge in [0.15, 0.2) is 0 Å². The van der Waals surface area contributed by atoms with Gasteiger partial charge in [-0.05, 0) is 43.7 Å². The van der Waals surface area contributed by atoms with Gasteiger partial charge in [-0.25, -0.2) is 13.1 Å². The van der Waals surface area contributed by atoms with Crippen molar-refractivity contribution in [3.8, 4) is 5.69 Å². The highest BCUT2D eigenvalue weighted by molar-refractivity contribution is 7.92. The fraction of sp³-hybridized carbons (Fsp3) is 0.118. The standard InChI is InChI=1S/C17H16ClN3O2S/c1-12-8-9-14(18)10-16(12)20-24(22,23)17-11-21(19-13(17)2)15-6-4-3-5-7-15/h3-11,20H,1-2H3. The highest BCUT2D eigenvalue weighted by Gasteiger charge is 2.21. The van der Waals surface area contributed by atoms with E-state index in [1.165, 1.54) is 6.20 Å². The van der Waals surface area contributed by atoms with Crippen molar-refractivity contribution >= 4 is 27.3 Å². The Kier molecular flexibility index (Phi) is 4.34. The van der Waals surface area contributed by atoms with Gasteiger partial charge in [0.1, 0.15) is 4.90 Å². The molecule has 3 aromatic rings. The number of nitrogens with one attached hydrogen (secondary N) is 1. The van der Waals surface area contributed by atoms with Crippen LogP contribution < -0.4 is 4.72 Å². The molecule has 1 aromatic heterocycles. The first-order valence-electron chi connectivity index (χ1n) is 7.27. The first kappa shape index (κ1) is 16.5. The van der Waals surface area contributed by atoms with Crippen molar-refractivity contribution in [3.05, 3.63) is 71.0 Å². The zero-order chi connectivity index (χ0) is 17.3. The fourth-order valence-corrected chi connectivity index (χ4v) is 3.78. The zero-order valence-corrected chi connectivity index (χ0v) is 14.8. The Balaban J connectivity index is 1.99. The van der Waals surface area contributed by atoms with Crippen molar-refractivity contribution < 1.29 is 8.42 Å². The molecule has 0 aliphatic carbocycles. The molecular formula is C17H16ClN3O2S. The van der Waals surface area contributed by atoms with Crippen molar-refractivity contribution in [1.82, 2.24) is 9.78 Å². The van der Waals surface area contributed by atoms with E-state index in [0.29, 0.717) is 16.4 Å². The number of aryl methyl sites for hydroxylation is 2. The van der Waals surface area contributed by atoms with Crippen LogP contribution in [0.3, 0.4) is 0 Å². The second kappa shape index (κ2) is 6.30. The molecule has 2 aromatic carbocycles. The Bertz CT molecular complexity index is 982. The van der Waals surface area contributed by atoms with Crippen LogP contribution in [0.2, 0.25) is 5.02 Å². The fourth-order valence-electron chi connectivity index (χ4n) is 2.32. The summed E-state index contributed by atoms with van der Waals surface area (Å²) in [6.07, 6.45) is 1.51. The number of para-hydroxylation sites is 1. The number of sulfonamides is 1. The molecule has 0 unspecified atom stereocenters. The van der Waals surface area contributed by atoms with E-state index in [1.54, 1.807) is 29.8 Å². The average molecular weight is 362 g/mol. The second-order valence-electron chi connectivity index (χ2n) is 5.42. The molecule has 0 fully saturated rings. The summed E-state index contributed by atoms with van der Waals surface area (Å²) in [4.78, 5) is 0.130. The largest absolute Gasteiger partial charge is 0.279 e. The topological polar surface area (TPSA) is 64.0 Å². The van der Waals surface area contributed by atoms with Crippen LogP contribution >= 0.6 is 11.6 Å². The number of benzene rings is 2. The van der Waals surface area contributed by atoms with Gasteiger partial charge >= 0.3 is 0 Å². The quantitative estimate of drug-likeness (QED) is 0.765. The van der Waals surface area contributed by atoms with E-state index < -0.39 is 10.0 Å². The van der Waals surface area contributed by atoms with Crippen LogP contribution in [0.5, 0.6) is 0 Å². The molecule has 0 atom stereocenters. The highest BCUT2D eigenvalue weighted by atomic mass is 35.5. The van der Waals surface area contributed by atoms with Gasteiger partial charge in [0, 0.05) is 5.02 Å². The van der Waals surface area contributed by atoms with Gasteiger partial charge in [0.05, 0.1) is 23.3 Å². The Morgan fingerprint density at radius 1 is 1.08 bits per heavy atom. The summed E-state index contributed by atoms with van der Waals surface area (Å²) in [6.45, 7) is 3.48. The van der Waals surface area contributed by atoms with E-state index in [4.69, 9.17) is 11.6 Å². The first-order valence-corrected chi connectivity index (χ1v) is 9.13. The molecule has 0 spiro atoms. The Morgan fingerprint density at radius 2 is 1.79 bits per heavy atom. The van der Waals surface area contributed by atoms with Crippen LogP contribution in [0.15, 0.2) is 59.6 Å². The molecule has 7 heteroatoms. The molecule has 0 aliphatic rings. The summed E-state index contributed by atoms with van der Waals surface area (Å²) in [6, 6.07) is 14.4. The molecule has 1 heterocycles. The predicted octanol–water partition coefficient (Wildman–Crippen LogP) is 3.94. The molecule has 0 aliphatic heterocycles. The lowest BCUT2D eigenvalue weighted by atomic mass is 10.2. The number of aromatic nitrogens is 2. The third-order valence-electron chi connectivity index (χ3n) is 3.61. The molecule has 3 rings (SSSR count). The van der Waals surface area contributed by atoms with Crippen LogP contribution in [0.1, 0.15) is 11.3 Å². The second-order valence-corrected chi connectivity index (χ2v) is 7.51. The maximum atomic E-state index is 12.7. The van der Waals surface area contributed by atoms with Gasteiger partial charge in [-0.1, -0.05) is 35.9 Å². The molecule has 1 N–H and O–H groups in total. The number of hydrogen-bond donors (Lipinski definition) is 1. The normalized spacial score (nSPS) is 11.5. The van der Waals surface area contributed by atoms with E-state index in [1.807, 2.05) is 37.3 Å². The number of anilines is 1.